The molecule has 0 unspecified atom stereocenters. The van der Waals surface area contributed by atoms with E-state index in [1.54, 1.807) is 48.5 Å². The van der Waals surface area contributed by atoms with Crippen LogP contribution in [-0.2, 0) is 10.1 Å². The van der Waals surface area contributed by atoms with Gasteiger partial charge in [0.25, 0.3) is 0 Å². The lowest BCUT2D eigenvalue weighted by Crippen LogP contribution is -2.28. The van der Waals surface area contributed by atoms with E-state index in [1.165, 1.54) is 12.1 Å². The summed E-state index contributed by atoms with van der Waals surface area (Å²) in [4.78, 5) is 24.0. The van der Waals surface area contributed by atoms with E-state index in [9.17, 15) is 31.2 Å². The summed E-state index contributed by atoms with van der Waals surface area (Å²) in [5.74, 6) is -0.782. The first-order valence-electron chi connectivity index (χ1n) is 9.17. The number of hydrogen-bond acceptors (Lipinski definition) is 5. The van der Waals surface area contributed by atoms with Crippen molar-refractivity contribution in [3.63, 3.8) is 0 Å². The maximum absolute atomic E-state index is 13.0. The van der Waals surface area contributed by atoms with Crippen molar-refractivity contribution in [2.75, 3.05) is 0 Å². The summed E-state index contributed by atoms with van der Waals surface area (Å²) in [6.45, 7) is 0. The number of alkyl halides is 3. The van der Waals surface area contributed by atoms with Crippen LogP contribution in [0.1, 0.15) is 20.7 Å². The Morgan fingerprint density at radius 1 is 0.750 bits per heavy atom. The first kappa shape index (κ1) is 21.5. The number of hydrogen-bond donors (Lipinski definition) is 0. The quantitative estimate of drug-likeness (QED) is 0.224. The van der Waals surface area contributed by atoms with Crippen molar-refractivity contribution in [3.8, 4) is 16.9 Å². The number of carbonyl (C=O) groups excluding carboxylic acids is 2. The van der Waals surface area contributed by atoms with Gasteiger partial charge in [0.15, 0.2) is 18.3 Å². The average Bonchev–Trinajstić information content (AvgIpc) is 2.76. The van der Waals surface area contributed by atoms with E-state index in [-0.39, 0.29) is 23.0 Å². The standard InChI is InChI=1S/C23H13F3O5S/c24-23(25,26)32(29,30)31-20-11-15-6-2-4-8-18(15)22(19(20)13-28)21-16(12-27)10-9-14-5-1-3-7-17(14)21/h1-13H. The molecule has 162 valence electrons. The molecule has 4 aromatic rings. The van der Waals surface area contributed by atoms with Crippen molar-refractivity contribution in [2.45, 2.75) is 5.51 Å². The SMILES string of the molecule is O=Cc1ccc2ccccc2c1-c1c(C=O)c(OS(=O)(=O)C(F)(F)F)cc2ccccc12. The van der Waals surface area contributed by atoms with E-state index in [4.69, 9.17) is 0 Å². The highest BCUT2D eigenvalue weighted by molar-refractivity contribution is 7.88. The van der Waals surface area contributed by atoms with Gasteiger partial charge in [0.05, 0.1) is 5.56 Å². The zero-order valence-corrected chi connectivity index (χ0v) is 16.9. The van der Waals surface area contributed by atoms with Gasteiger partial charge < -0.3 is 4.18 Å². The minimum absolute atomic E-state index is 0.101. The lowest BCUT2D eigenvalue weighted by atomic mass is 9.87. The molecule has 9 heteroatoms. The molecule has 0 aliphatic heterocycles. The summed E-state index contributed by atoms with van der Waals surface area (Å²) < 4.78 is 66.7. The Bertz CT molecular complexity index is 1490. The van der Waals surface area contributed by atoms with E-state index in [2.05, 4.69) is 4.18 Å². The molecule has 0 atom stereocenters. The summed E-state index contributed by atoms with van der Waals surface area (Å²) in [6.07, 6.45) is 0.782. The van der Waals surface area contributed by atoms with E-state index < -0.39 is 26.9 Å². The molecule has 5 nitrogen and oxygen atoms in total. The second kappa shape index (κ2) is 7.76. The summed E-state index contributed by atoms with van der Waals surface area (Å²) in [7, 11) is -6.04. The van der Waals surface area contributed by atoms with Crippen LogP contribution in [0.15, 0.2) is 66.7 Å². The normalized spacial score (nSPS) is 12.1. The Morgan fingerprint density at radius 2 is 1.34 bits per heavy atom. The fraction of sp³-hybridized carbons (Fsp3) is 0.0435. The van der Waals surface area contributed by atoms with E-state index >= 15 is 0 Å². The Balaban J connectivity index is 2.17. The lowest BCUT2D eigenvalue weighted by molar-refractivity contribution is -0.0500. The van der Waals surface area contributed by atoms with Gasteiger partial charge in [-0.2, -0.15) is 21.6 Å². The number of aldehydes is 2. The van der Waals surface area contributed by atoms with Crippen LogP contribution in [-0.4, -0.2) is 26.5 Å². The third kappa shape index (κ3) is 3.50. The number of benzene rings is 4. The molecule has 0 amide bonds. The maximum atomic E-state index is 13.0. The van der Waals surface area contributed by atoms with Crippen LogP contribution in [0.25, 0.3) is 32.7 Å². The van der Waals surface area contributed by atoms with Gasteiger partial charge in [-0.3, -0.25) is 9.59 Å². The van der Waals surface area contributed by atoms with Crippen molar-refractivity contribution in [1.29, 1.82) is 0 Å². The van der Waals surface area contributed by atoms with E-state index in [0.29, 0.717) is 27.8 Å². The minimum atomic E-state index is -6.04. The average molecular weight is 458 g/mol. The zero-order valence-electron chi connectivity index (χ0n) is 16.1. The first-order valence-corrected chi connectivity index (χ1v) is 10.6. The number of fused-ring (bicyclic) bond motifs is 2. The smallest absolute Gasteiger partial charge is 0.375 e. The zero-order chi connectivity index (χ0) is 23.1. The molecule has 0 fully saturated rings. The lowest BCUT2D eigenvalue weighted by Gasteiger charge is -2.18. The highest BCUT2D eigenvalue weighted by Gasteiger charge is 2.49. The topological polar surface area (TPSA) is 77.5 Å². The molecule has 0 saturated carbocycles. The predicted molar refractivity (Wildman–Crippen MR) is 113 cm³/mol. The molecule has 0 heterocycles. The van der Waals surface area contributed by atoms with Crippen molar-refractivity contribution >= 4 is 44.2 Å². The molecule has 0 aliphatic carbocycles. The second-order valence-electron chi connectivity index (χ2n) is 6.85. The van der Waals surface area contributed by atoms with E-state index in [1.807, 2.05) is 0 Å². The molecular weight excluding hydrogens is 445 g/mol. The van der Waals surface area contributed by atoms with Crippen LogP contribution >= 0.6 is 0 Å². The number of rotatable bonds is 5. The molecule has 4 rings (SSSR count). The van der Waals surface area contributed by atoms with Gasteiger partial charge in [-0.1, -0.05) is 60.7 Å². The predicted octanol–water partition coefficient (Wildman–Crippen LogP) is 5.51. The van der Waals surface area contributed by atoms with Crippen LogP contribution in [0.4, 0.5) is 13.2 Å². The first-order chi connectivity index (χ1) is 15.2. The highest BCUT2D eigenvalue weighted by atomic mass is 32.2. The molecule has 4 aromatic carbocycles. The highest BCUT2D eigenvalue weighted by Crippen LogP contribution is 2.42. The van der Waals surface area contributed by atoms with Crippen LogP contribution in [0.3, 0.4) is 0 Å². The molecule has 0 radical (unpaired) electrons. The van der Waals surface area contributed by atoms with Crippen LogP contribution < -0.4 is 4.18 Å². The maximum Gasteiger partial charge on any atom is 0.534 e. The van der Waals surface area contributed by atoms with Gasteiger partial charge in [0.1, 0.15) is 0 Å². The Labute approximate surface area is 180 Å². The summed E-state index contributed by atoms with van der Waals surface area (Å²) >= 11 is 0. The second-order valence-corrected chi connectivity index (χ2v) is 8.39. The Kier molecular flexibility index (Phi) is 5.21. The van der Waals surface area contributed by atoms with Gasteiger partial charge in [-0.15, -0.1) is 0 Å². The summed E-state index contributed by atoms with van der Waals surface area (Å²) in [6, 6.07) is 17.6. The Morgan fingerprint density at radius 3 is 1.94 bits per heavy atom. The third-order valence-corrected chi connectivity index (χ3v) is 5.96. The molecular formula is C23H13F3O5S. The summed E-state index contributed by atoms with van der Waals surface area (Å²) in [5.41, 5.74) is -5.55. The molecule has 0 N–H and O–H groups in total. The third-order valence-electron chi connectivity index (χ3n) is 4.99. The minimum Gasteiger partial charge on any atom is -0.375 e. The largest absolute Gasteiger partial charge is 0.534 e. The monoisotopic (exact) mass is 458 g/mol. The van der Waals surface area contributed by atoms with Gasteiger partial charge >= 0.3 is 15.6 Å². The van der Waals surface area contributed by atoms with E-state index in [0.717, 1.165) is 6.07 Å². The Hall–Kier alpha value is -3.72. The van der Waals surface area contributed by atoms with Crippen molar-refractivity contribution < 1.29 is 35.4 Å². The number of carbonyl (C=O) groups is 2. The van der Waals surface area contributed by atoms with Crippen molar-refractivity contribution in [1.82, 2.24) is 0 Å². The van der Waals surface area contributed by atoms with Gasteiger partial charge in [0.2, 0.25) is 0 Å². The van der Waals surface area contributed by atoms with Gasteiger partial charge in [-0.05, 0) is 27.6 Å². The number of halogens is 3. The molecule has 32 heavy (non-hydrogen) atoms. The molecule has 0 spiro atoms. The molecule has 0 bridgehead atoms. The molecule has 0 aromatic heterocycles. The molecule has 0 aliphatic rings. The van der Waals surface area contributed by atoms with Crippen LogP contribution in [0.5, 0.6) is 5.75 Å². The van der Waals surface area contributed by atoms with Gasteiger partial charge in [-0.25, -0.2) is 0 Å². The summed E-state index contributed by atoms with van der Waals surface area (Å²) in [5, 5.41) is 2.03. The fourth-order valence-corrected chi connectivity index (χ4v) is 4.09. The fourth-order valence-electron chi connectivity index (χ4n) is 3.62. The van der Waals surface area contributed by atoms with Crippen LogP contribution in [0.2, 0.25) is 0 Å². The van der Waals surface area contributed by atoms with Gasteiger partial charge in [0, 0.05) is 16.7 Å². The van der Waals surface area contributed by atoms with Crippen LogP contribution in [0, 0.1) is 0 Å². The molecule has 0 saturated heterocycles. The van der Waals surface area contributed by atoms with Crippen molar-refractivity contribution in [2.24, 2.45) is 0 Å². The van der Waals surface area contributed by atoms with Crippen molar-refractivity contribution in [3.05, 3.63) is 77.9 Å².